The van der Waals surface area contributed by atoms with E-state index in [-0.39, 0.29) is 11.7 Å². The molecule has 1 aromatic carbocycles. The summed E-state index contributed by atoms with van der Waals surface area (Å²) in [6, 6.07) is 8.11. The third-order valence-corrected chi connectivity index (χ3v) is 4.76. The quantitative estimate of drug-likeness (QED) is 0.673. The summed E-state index contributed by atoms with van der Waals surface area (Å²) in [7, 11) is 0. The van der Waals surface area contributed by atoms with E-state index in [9.17, 15) is 14.4 Å². The van der Waals surface area contributed by atoms with Gasteiger partial charge in [-0.1, -0.05) is 17.8 Å². The topological polar surface area (TPSA) is 99.4 Å². The van der Waals surface area contributed by atoms with Crippen LogP contribution in [0.25, 0.3) is 5.69 Å². The number of aromatic nitrogens is 4. The Morgan fingerprint density at radius 3 is 2.92 bits per heavy atom. The molecule has 0 aliphatic carbocycles. The zero-order chi connectivity index (χ0) is 18.7. The van der Waals surface area contributed by atoms with E-state index < -0.39 is 5.82 Å². The zero-order valence-electron chi connectivity index (χ0n) is 14.1. The predicted molar refractivity (Wildman–Crippen MR) is 95.7 cm³/mol. The smallest absolute Gasteiger partial charge is 0.236 e. The van der Waals surface area contributed by atoms with Gasteiger partial charge in [-0.25, -0.2) is 9.37 Å². The number of H-pyrrole nitrogens is 1. The highest BCUT2D eigenvalue weighted by molar-refractivity contribution is 7.99. The molecule has 0 saturated carbocycles. The number of thioether (sulfide) groups is 1. The Kier molecular flexibility index (Phi) is 5.04. The Morgan fingerprint density at radius 1 is 1.46 bits per heavy atom. The number of aromatic amines is 1. The molecule has 0 aliphatic rings. The normalized spacial score (nSPS) is 10.5. The van der Waals surface area contributed by atoms with Gasteiger partial charge in [0.1, 0.15) is 24.0 Å². The summed E-state index contributed by atoms with van der Waals surface area (Å²) >= 11 is 1.19. The lowest BCUT2D eigenvalue weighted by Crippen LogP contribution is -2.18. The van der Waals surface area contributed by atoms with Crippen LogP contribution in [0.15, 0.2) is 35.7 Å². The van der Waals surface area contributed by atoms with E-state index in [0.717, 1.165) is 11.3 Å². The number of rotatable bonds is 5. The minimum absolute atomic E-state index is 0.0898. The number of carbonyl (C=O) groups excluding carboxylic acids is 1. The number of anilines is 1. The van der Waals surface area contributed by atoms with Crippen molar-refractivity contribution >= 4 is 23.5 Å². The first-order valence-corrected chi connectivity index (χ1v) is 8.65. The number of carbonyl (C=O) groups is 1. The molecule has 0 radical (unpaired) electrons. The van der Waals surface area contributed by atoms with Crippen LogP contribution in [0.4, 0.5) is 10.2 Å². The Hall–Kier alpha value is -3.12. The molecular formula is C17H15FN6OS. The van der Waals surface area contributed by atoms with Gasteiger partial charge < -0.3 is 5.32 Å². The summed E-state index contributed by atoms with van der Waals surface area (Å²) in [5.41, 5.74) is 2.37. The molecule has 2 N–H and O–H groups in total. The van der Waals surface area contributed by atoms with Gasteiger partial charge >= 0.3 is 0 Å². The number of hydrogen-bond donors (Lipinski definition) is 2. The van der Waals surface area contributed by atoms with Gasteiger partial charge in [-0.2, -0.15) is 10.4 Å². The van der Waals surface area contributed by atoms with Crippen molar-refractivity contribution in [2.24, 2.45) is 0 Å². The average molecular weight is 370 g/mol. The first kappa shape index (κ1) is 17.7. The van der Waals surface area contributed by atoms with Crippen LogP contribution in [-0.2, 0) is 4.79 Å². The summed E-state index contributed by atoms with van der Waals surface area (Å²) in [6.07, 6.45) is 1.36. The second-order valence-corrected chi connectivity index (χ2v) is 6.45. The fourth-order valence-electron chi connectivity index (χ4n) is 2.56. The van der Waals surface area contributed by atoms with Crippen molar-refractivity contribution in [1.29, 1.82) is 5.26 Å². The maximum atomic E-state index is 13.7. The van der Waals surface area contributed by atoms with Crippen LogP contribution in [0.1, 0.15) is 16.8 Å². The van der Waals surface area contributed by atoms with Crippen molar-refractivity contribution in [3.8, 4) is 11.8 Å². The number of nitrogens with zero attached hydrogens (tertiary/aromatic N) is 4. The lowest BCUT2D eigenvalue weighted by Gasteiger charge is -2.13. The van der Waals surface area contributed by atoms with Gasteiger partial charge in [0.15, 0.2) is 5.16 Å². The number of halogens is 1. The SMILES string of the molecule is Cc1c(C#N)c(NC(=O)CSc2ncn[nH]2)n(-c2cccc(F)c2)c1C. The van der Waals surface area contributed by atoms with Crippen LogP contribution in [0.5, 0.6) is 0 Å². The second kappa shape index (κ2) is 7.41. The highest BCUT2D eigenvalue weighted by Gasteiger charge is 2.21. The number of hydrogen-bond acceptors (Lipinski definition) is 5. The van der Waals surface area contributed by atoms with Crippen LogP contribution >= 0.6 is 11.8 Å². The highest BCUT2D eigenvalue weighted by atomic mass is 32.2. The third kappa shape index (κ3) is 3.45. The zero-order valence-corrected chi connectivity index (χ0v) is 14.9. The molecule has 0 unspecified atom stereocenters. The maximum absolute atomic E-state index is 13.7. The molecule has 0 saturated heterocycles. The van der Waals surface area contributed by atoms with Crippen molar-refractivity contribution in [2.75, 3.05) is 11.1 Å². The van der Waals surface area contributed by atoms with E-state index in [0.29, 0.717) is 22.2 Å². The van der Waals surface area contributed by atoms with E-state index in [1.165, 1.54) is 30.2 Å². The minimum Gasteiger partial charge on any atom is -0.310 e. The summed E-state index contributed by atoms with van der Waals surface area (Å²) in [5.74, 6) is -0.286. The molecule has 1 amide bonds. The van der Waals surface area contributed by atoms with Gasteiger partial charge in [-0.15, -0.1) is 0 Å². The van der Waals surface area contributed by atoms with Gasteiger partial charge in [-0.3, -0.25) is 14.5 Å². The molecule has 3 rings (SSSR count). The van der Waals surface area contributed by atoms with Crippen molar-refractivity contribution in [2.45, 2.75) is 19.0 Å². The van der Waals surface area contributed by atoms with Crippen molar-refractivity contribution in [3.05, 3.63) is 53.2 Å². The van der Waals surface area contributed by atoms with Gasteiger partial charge in [0, 0.05) is 5.69 Å². The third-order valence-electron chi connectivity index (χ3n) is 3.88. The highest BCUT2D eigenvalue weighted by Crippen LogP contribution is 2.30. The Morgan fingerprint density at radius 2 is 2.27 bits per heavy atom. The summed E-state index contributed by atoms with van der Waals surface area (Å²) in [4.78, 5) is 16.3. The molecular weight excluding hydrogens is 355 g/mol. The van der Waals surface area contributed by atoms with Crippen molar-refractivity contribution in [1.82, 2.24) is 19.7 Å². The summed E-state index contributed by atoms with van der Waals surface area (Å²) in [5, 5.41) is 19.2. The van der Waals surface area contributed by atoms with Crippen LogP contribution < -0.4 is 5.32 Å². The maximum Gasteiger partial charge on any atom is 0.236 e. The molecule has 2 heterocycles. The second-order valence-electron chi connectivity index (χ2n) is 5.49. The predicted octanol–water partition coefficient (Wildman–Crippen LogP) is 2.95. The number of benzene rings is 1. The standard InChI is InChI=1S/C17H15FN6OS/c1-10-11(2)24(13-5-3-4-12(18)6-13)16(14(10)7-19)22-15(25)8-26-17-20-9-21-23-17/h3-6,9H,8H2,1-2H3,(H,22,25)(H,20,21,23). The molecule has 2 aromatic heterocycles. The van der Waals surface area contributed by atoms with Gasteiger partial charge in [-0.05, 0) is 37.6 Å². The molecule has 0 spiro atoms. The van der Waals surface area contributed by atoms with Gasteiger partial charge in [0.05, 0.1) is 17.0 Å². The molecule has 0 aliphatic heterocycles. The minimum atomic E-state index is -0.398. The Labute approximate surface area is 153 Å². The van der Waals surface area contributed by atoms with Gasteiger partial charge in [0.25, 0.3) is 0 Å². The van der Waals surface area contributed by atoms with Crippen LogP contribution in [0.3, 0.4) is 0 Å². The summed E-state index contributed by atoms with van der Waals surface area (Å²) in [6.45, 7) is 3.61. The van der Waals surface area contributed by atoms with Crippen LogP contribution in [0, 0.1) is 31.0 Å². The summed E-state index contributed by atoms with van der Waals surface area (Å²) < 4.78 is 15.3. The van der Waals surface area contributed by atoms with Crippen molar-refractivity contribution < 1.29 is 9.18 Å². The molecule has 132 valence electrons. The lowest BCUT2D eigenvalue weighted by atomic mass is 10.2. The van der Waals surface area contributed by atoms with Crippen LogP contribution in [0.2, 0.25) is 0 Å². The van der Waals surface area contributed by atoms with E-state index >= 15 is 0 Å². The van der Waals surface area contributed by atoms with Crippen LogP contribution in [-0.4, -0.2) is 31.4 Å². The molecule has 0 bridgehead atoms. The van der Waals surface area contributed by atoms with E-state index in [1.807, 2.05) is 6.92 Å². The number of nitriles is 1. The van der Waals surface area contributed by atoms with E-state index in [2.05, 4.69) is 26.6 Å². The fraction of sp³-hybridized carbons (Fsp3) is 0.176. The first-order valence-electron chi connectivity index (χ1n) is 7.67. The Bertz CT molecular complexity index is 990. The molecule has 9 heteroatoms. The first-order chi connectivity index (χ1) is 12.5. The molecule has 26 heavy (non-hydrogen) atoms. The van der Waals surface area contributed by atoms with E-state index in [4.69, 9.17) is 0 Å². The largest absolute Gasteiger partial charge is 0.310 e. The average Bonchev–Trinajstić information content (AvgIpc) is 3.21. The molecule has 3 aromatic rings. The lowest BCUT2D eigenvalue weighted by molar-refractivity contribution is -0.113. The molecule has 7 nitrogen and oxygen atoms in total. The number of nitrogens with one attached hydrogen (secondary N) is 2. The monoisotopic (exact) mass is 370 g/mol. The number of amides is 1. The molecule has 0 fully saturated rings. The van der Waals surface area contributed by atoms with Crippen molar-refractivity contribution in [3.63, 3.8) is 0 Å². The molecule has 0 atom stereocenters. The fourth-order valence-corrected chi connectivity index (χ4v) is 3.14. The van der Waals surface area contributed by atoms with E-state index in [1.54, 1.807) is 23.6 Å². The Balaban J connectivity index is 1.93. The van der Waals surface area contributed by atoms with Gasteiger partial charge in [0.2, 0.25) is 5.91 Å².